The van der Waals surface area contributed by atoms with Gasteiger partial charge in [-0.15, -0.1) is 0 Å². The topological polar surface area (TPSA) is 66.9 Å². The third-order valence-electron chi connectivity index (χ3n) is 3.61. The maximum Gasteiger partial charge on any atom is 0.326 e. The van der Waals surface area contributed by atoms with E-state index >= 15 is 0 Å². The number of para-hydroxylation sites is 2. The lowest BCUT2D eigenvalue weighted by Gasteiger charge is -2.06. The smallest absolute Gasteiger partial charge is 0.326 e. The molecule has 2 aromatic carbocycles. The van der Waals surface area contributed by atoms with Crippen molar-refractivity contribution >= 4 is 16.9 Å². The summed E-state index contributed by atoms with van der Waals surface area (Å²) in [5.41, 5.74) is 1.76. The standard InChI is InChI=1S/C17H16FN3O2/c18-13-6-3-5-12(11-13)16(22)19-9-4-10-21-15-8-2-1-7-14(15)20-17(21)23/h1-3,5-8,11H,4,9-10H2,(H,19,22)(H,20,23). The highest BCUT2D eigenvalue weighted by molar-refractivity contribution is 5.94. The summed E-state index contributed by atoms with van der Waals surface area (Å²) in [5.74, 6) is -0.765. The summed E-state index contributed by atoms with van der Waals surface area (Å²) < 4.78 is 14.7. The van der Waals surface area contributed by atoms with Crippen molar-refractivity contribution in [3.63, 3.8) is 0 Å². The molecule has 1 heterocycles. The zero-order chi connectivity index (χ0) is 16.2. The van der Waals surface area contributed by atoms with Gasteiger partial charge in [-0.3, -0.25) is 9.36 Å². The number of carbonyl (C=O) groups excluding carboxylic acids is 1. The molecule has 0 atom stereocenters. The van der Waals surface area contributed by atoms with E-state index in [1.165, 1.54) is 18.2 Å². The number of carbonyl (C=O) groups is 1. The average Bonchev–Trinajstić information content (AvgIpc) is 2.87. The number of fused-ring (bicyclic) bond motifs is 1. The Balaban J connectivity index is 1.58. The molecule has 0 fully saturated rings. The van der Waals surface area contributed by atoms with Crippen LogP contribution in [0.15, 0.2) is 53.3 Å². The Morgan fingerprint density at radius 2 is 2.00 bits per heavy atom. The van der Waals surface area contributed by atoms with E-state index in [1.807, 2.05) is 24.3 Å². The van der Waals surface area contributed by atoms with Crippen LogP contribution in [0.3, 0.4) is 0 Å². The molecule has 3 aromatic rings. The molecular weight excluding hydrogens is 297 g/mol. The minimum atomic E-state index is -0.442. The first-order valence-electron chi connectivity index (χ1n) is 7.36. The predicted octanol–water partition coefficient (Wildman–Crippen LogP) is 2.29. The Morgan fingerprint density at radius 3 is 2.83 bits per heavy atom. The van der Waals surface area contributed by atoms with E-state index in [0.29, 0.717) is 19.5 Å². The highest BCUT2D eigenvalue weighted by atomic mass is 19.1. The van der Waals surface area contributed by atoms with Crippen molar-refractivity contribution in [2.45, 2.75) is 13.0 Å². The van der Waals surface area contributed by atoms with Crippen molar-refractivity contribution in [1.29, 1.82) is 0 Å². The molecule has 0 unspecified atom stereocenters. The van der Waals surface area contributed by atoms with E-state index in [0.717, 1.165) is 11.0 Å². The van der Waals surface area contributed by atoms with Crippen molar-refractivity contribution in [2.24, 2.45) is 0 Å². The molecule has 0 aliphatic carbocycles. The van der Waals surface area contributed by atoms with E-state index in [1.54, 1.807) is 10.6 Å². The summed E-state index contributed by atoms with van der Waals surface area (Å²) in [7, 11) is 0. The second kappa shape index (κ2) is 6.48. The molecule has 0 radical (unpaired) electrons. The molecular formula is C17H16FN3O2. The fourth-order valence-electron chi connectivity index (χ4n) is 2.50. The van der Waals surface area contributed by atoms with Crippen LogP contribution >= 0.6 is 0 Å². The van der Waals surface area contributed by atoms with Gasteiger partial charge < -0.3 is 10.3 Å². The molecule has 3 rings (SSSR count). The normalized spacial score (nSPS) is 10.8. The SMILES string of the molecule is O=C(NCCCn1c(=O)[nH]c2ccccc21)c1cccc(F)c1. The van der Waals surface area contributed by atoms with Crippen LogP contribution in [0, 0.1) is 5.82 Å². The van der Waals surface area contributed by atoms with Crippen LogP contribution in [0.2, 0.25) is 0 Å². The lowest BCUT2D eigenvalue weighted by molar-refractivity contribution is 0.0952. The zero-order valence-corrected chi connectivity index (χ0v) is 12.4. The number of nitrogens with one attached hydrogen (secondary N) is 2. The maximum absolute atomic E-state index is 13.1. The molecule has 0 saturated carbocycles. The van der Waals surface area contributed by atoms with Crippen molar-refractivity contribution in [1.82, 2.24) is 14.9 Å². The van der Waals surface area contributed by atoms with E-state index < -0.39 is 5.82 Å². The third-order valence-corrected chi connectivity index (χ3v) is 3.61. The van der Waals surface area contributed by atoms with Crippen LogP contribution in [0.25, 0.3) is 11.0 Å². The van der Waals surface area contributed by atoms with Crippen molar-refractivity contribution in [3.8, 4) is 0 Å². The number of hydrogen-bond acceptors (Lipinski definition) is 2. The van der Waals surface area contributed by atoms with Crippen LogP contribution in [-0.4, -0.2) is 22.0 Å². The summed E-state index contributed by atoms with van der Waals surface area (Å²) in [6.45, 7) is 0.896. The highest BCUT2D eigenvalue weighted by Gasteiger charge is 2.07. The summed E-state index contributed by atoms with van der Waals surface area (Å²) in [6.07, 6.45) is 0.600. The molecule has 6 heteroatoms. The molecule has 0 saturated heterocycles. The van der Waals surface area contributed by atoms with Gasteiger partial charge in [0, 0.05) is 18.7 Å². The highest BCUT2D eigenvalue weighted by Crippen LogP contribution is 2.09. The Kier molecular flexibility index (Phi) is 4.23. The molecule has 0 spiro atoms. The van der Waals surface area contributed by atoms with Crippen LogP contribution in [0.4, 0.5) is 4.39 Å². The maximum atomic E-state index is 13.1. The molecule has 1 amide bonds. The van der Waals surface area contributed by atoms with Crippen molar-refractivity contribution in [3.05, 3.63) is 70.4 Å². The molecule has 23 heavy (non-hydrogen) atoms. The largest absolute Gasteiger partial charge is 0.352 e. The lowest BCUT2D eigenvalue weighted by atomic mass is 10.2. The number of aromatic amines is 1. The Morgan fingerprint density at radius 1 is 1.17 bits per heavy atom. The summed E-state index contributed by atoms with van der Waals surface area (Å²) in [4.78, 5) is 26.6. The van der Waals surface area contributed by atoms with Gasteiger partial charge in [-0.1, -0.05) is 18.2 Å². The van der Waals surface area contributed by atoms with Crippen LogP contribution in [-0.2, 0) is 6.54 Å². The van der Waals surface area contributed by atoms with Gasteiger partial charge in [-0.2, -0.15) is 0 Å². The quantitative estimate of drug-likeness (QED) is 0.710. The van der Waals surface area contributed by atoms with Gasteiger partial charge in [0.05, 0.1) is 11.0 Å². The minimum absolute atomic E-state index is 0.164. The first kappa shape index (κ1) is 15.0. The van der Waals surface area contributed by atoms with Gasteiger partial charge in [0.1, 0.15) is 5.82 Å². The van der Waals surface area contributed by atoms with Gasteiger partial charge in [-0.25, -0.2) is 9.18 Å². The fraction of sp³-hybridized carbons (Fsp3) is 0.176. The molecule has 1 aromatic heterocycles. The Hall–Kier alpha value is -2.89. The number of amides is 1. The molecule has 0 aliphatic heterocycles. The number of hydrogen-bond donors (Lipinski definition) is 2. The van der Waals surface area contributed by atoms with Gasteiger partial charge in [-0.05, 0) is 36.8 Å². The molecule has 0 bridgehead atoms. The van der Waals surface area contributed by atoms with Crippen LogP contribution < -0.4 is 11.0 Å². The number of halogens is 1. The molecule has 5 nitrogen and oxygen atoms in total. The van der Waals surface area contributed by atoms with Gasteiger partial charge in [0.2, 0.25) is 0 Å². The molecule has 2 N–H and O–H groups in total. The molecule has 0 aliphatic rings. The first-order chi connectivity index (χ1) is 11.1. The lowest BCUT2D eigenvalue weighted by Crippen LogP contribution is -2.26. The van der Waals surface area contributed by atoms with E-state index in [-0.39, 0.29) is 17.2 Å². The van der Waals surface area contributed by atoms with Crippen LogP contribution in [0.1, 0.15) is 16.8 Å². The van der Waals surface area contributed by atoms with Crippen molar-refractivity contribution < 1.29 is 9.18 Å². The molecule has 118 valence electrons. The first-order valence-corrected chi connectivity index (χ1v) is 7.36. The number of nitrogens with zero attached hydrogens (tertiary/aromatic N) is 1. The second-order valence-electron chi connectivity index (χ2n) is 5.22. The van der Waals surface area contributed by atoms with Gasteiger partial charge in [0.25, 0.3) is 5.91 Å². The van der Waals surface area contributed by atoms with Crippen molar-refractivity contribution in [2.75, 3.05) is 6.54 Å². The minimum Gasteiger partial charge on any atom is -0.352 e. The van der Waals surface area contributed by atoms with E-state index in [9.17, 15) is 14.0 Å². The Labute approximate surface area is 131 Å². The summed E-state index contributed by atoms with van der Waals surface area (Å²) >= 11 is 0. The fourth-order valence-corrected chi connectivity index (χ4v) is 2.50. The van der Waals surface area contributed by atoms with Gasteiger partial charge in [0.15, 0.2) is 0 Å². The number of rotatable bonds is 5. The summed E-state index contributed by atoms with van der Waals surface area (Å²) in [5, 5.41) is 2.72. The predicted molar refractivity (Wildman–Crippen MR) is 85.9 cm³/mol. The Bertz CT molecular complexity index is 898. The number of H-pyrrole nitrogens is 1. The third kappa shape index (κ3) is 3.31. The number of imidazole rings is 1. The zero-order valence-electron chi connectivity index (χ0n) is 12.4. The number of benzene rings is 2. The van der Waals surface area contributed by atoms with Gasteiger partial charge >= 0.3 is 5.69 Å². The monoisotopic (exact) mass is 313 g/mol. The second-order valence-corrected chi connectivity index (χ2v) is 5.22. The van der Waals surface area contributed by atoms with E-state index in [2.05, 4.69) is 10.3 Å². The average molecular weight is 313 g/mol. The van der Waals surface area contributed by atoms with E-state index in [4.69, 9.17) is 0 Å². The number of aryl methyl sites for hydroxylation is 1. The van der Waals surface area contributed by atoms with Crippen LogP contribution in [0.5, 0.6) is 0 Å². The number of aromatic nitrogens is 2. The summed E-state index contributed by atoms with van der Waals surface area (Å²) in [6, 6.07) is 13.0.